The van der Waals surface area contributed by atoms with Gasteiger partial charge in [0, 0.05) is 69.4 Å². The number of aliphatic hydroxyl groups is 1. The summed E-state index contributed by atoms with van der Waals surface area (Å²) >= 11 is 0. The van der Waals surface area contributed by atoms with Gasteiger partial charge in [0.15, 0.2) is 5.82 Å². The Morgan fingerprint density at radius 2 is 1.84 bits per heavy atom. The van der Waals surface area contributed by atoms with Gasteiger partial charge < -0.3 is 34.4 Å². The molecule has 0 saturated carbocycles. The first-order valence-corrected chi connectivity index (χ1v) is 15.3. The first-order valence-electron chi connectivity index (χ1n) is 15.3. The molecule has 13 nitrogen and oxygen atoms in total. The second-order valence-corrected chi connectivity index (χ2v) is 11.5. The average molecular weight is 615 g/mol. The molecule has 13 heteroatoms. The molecule has 0 bridgehead atoms. The molecular weight excluding hydrogens is 576 g/mol. The number of rotatable bonds is 9. The van der Waals surface area contributed by atoms with Gasteiger partial charge in [-0.05, 0) is 37.3 Å². The fourth-order valence-corrected chi connectivity index (χ4v) is 5.90. The molecule has 0 spiro atoms. The number of hydrogen-bond acceptors (Lipinski definition) is 12. The molecule has 3 aromatic rings. The number of aliphatic hydroxyl groups excluding tert-OH is 1. The Labute approximate surface area is 262 Å². The van der Waals surface area contributed by atoms with Gasteiger partial charge in [0.2, 0.25) is 5.95 Å². The highest BCUT2D eigenvalue weighted by Crippen LogP contribution is 2.33. The van der Waals surface area contributed by atoms with Crippen molar-refractivity contribution in [3.8, 4) is 29.0 Å². The Morgan fingerprint density at radius 3 is 2.51 bits per heavy atom. The number of carbonyl (C=O) groups excluding carboxylic acids is 1. The summed E-state index contributed by atoms with van der Waals surface area (Å²) in [6.07, 6.45) is 1.52. The molecule has 0 radical (unpaired) electrons. The molecule has 236 valence electrons. The zero-order chi connectivity index (χ0) is 31.3. The van der Waals surface area contributed by atoms with E-state index in [1.807, 2.05) is 18.2 Å². The molecule has 3 saturated heterocycles. The van der Waals surface area contributed by atoms with Gasteiger partial charge in [0.1, 0.15) is 36.1 Å². The van der Waals surface area contributed by atoms with E-state index in [1.54, 1.807) is 24.1 Å². The first kappa shape index (κ1) is 30.5. The Balaban J connectivity index is 1.10. The lowest BCUT2D eigenvalue weighted by molar-refractivity contribution is -0.141. The number of likely N-dealkylation sites (tertiary alicyclic amines) is 1. The molecule has 45 heavy (non-hydrogen) atoms. The zero-order valence-corrected chi connectivity index (χ0v) is 25.6. The normalized spacial score (nSPS) is 18.5. The number of nitrogens with one attached hydrogen (secondary N) is 1. The van der Waals surface area contributed by atoms with E-state index in [0.29, 0.717) is 60.6 Å². The number of aromatic nitrogens is 3. The standard InChI is InChI=1S/C32H38N8O5/c1-21(41)31(42)40-9-7-26(8-10-40)45-28-6-3-22(15-23(28)17-33)30-34-20-35-32(37-30)36-24-4-5-27(29(16-24)43-2)39-13-11-38(12-14-39)25-18-44-19-25/h3-6,15-16,20-21,25-26,41H,7-14,18-19H2,1-2H3,(H,34,35,36,37). The van der Waals surface area contributed by atoms with E-state index in [1.165, 1.54) is 13.3 Å². The molecule has 1 atom stereocenters. The lowest BCUT2D eigenvalue weighted by Crippen LogP contribution is -2.56. The highest BCUT2D eigenvalue weighted by molar-refractivity contribution is 5.80. The number of benzene rings is 2. The highest BCUT2D eigenvalue weighted by atomic mass is 16.5. The van der Waals surface area contributed by atoms with Crippen molar-refractivity contribution in [1.29, 1.82) is 5.26 Å². The van der Waals surface area contributed by atoms with Crippen LogP contribution in [0.15, 0.2) is 42.7 Å². The number of hydrogen-bond donors (Lipinski definition) is 2. The van der Waals surface area contributed by atoms with Crippen LogP contribution in [0.2, 0.25) is 0 Å². The quantitative estimate of drug-likeness (QED) is 0.365. The number of ether oxygens (including phenoxy) is 3. The number of piperazine rings is 1. The topological polar surface area (TPSA) is 149 Å². The SMILES string of the molecule is COc1cc(Nc2ncnc(-c3ccc(OC4CCN(C(=O)C(C)O)CC4)c(C#N)c3)n2)ccc1N1CCN(C2COC2)CC1. The summed E-state index contributed by atoms with van der Waals surface area (Å²) in [5.41, 5.74) is 2.85. The predicted octanol–water partition coefficient (Wildman–Crippen LogP) is 2.43. The van der Waals surface area contributed by atoms with E-state index < -0.39 is 6.10 Å². The van der Waals surface area contributed by atoms with E-state index in [2.05, 4.69) is 42.2 Å². The third-order valence-corrected chi connectivity index (χ3v) is 8.56. The van der Waals surface area contributed by atoms with Crippen LogP contribution in [-0.2, 0) is 9.53 Å². The largest absolute Gasteiger partial charge is 0.495 e. The molecule has 1 amide bonds. The van der Waals surface area contributed by atoms with Crippen molar-refractivity contribution in [2.45, 2.75) is 38.0 Å². The molecule has 3 fully saturated rings. The highest BCUT2D eigenvalue weighted by Gasteiger charge is 2.30. The number of methoxy groups -OCH3 is 1. The second-order valence-electron chi connectivity index (χ2n) is 11.5. The molecule has 6 rings (SSSR count). The van der Waals surface area contributed by atoms with Gasteiger partial charge in [0.05, 0.1) is 37.6 Å². The van der Waals surface area contributed by atoms with E-state index in [-0.39, 0.29) is 12.0 Å². The lowest BCUT2D eigenvalue weighted by Gasteiger charge is -2.43. The third-order valence-electron chi connectivity index (χ3n) is 8.56. The van der Waals surface area contributed by atoms with E-state index in [4.69, 9.17) is 14.2 Å². The van der Waals surface area contributed by atoms with Crippen LogP contribution < -0.4 is 19.7 Å². The van der Waals surface area contributed by atoms with Crippen molar-refractivity contribution >= 4 is 23.2 Å². The molecule has 0 aliphatic carbocycles. The summed E-state index contributed by atoms with van der Waals surface area (Å²) in [7, 11) is 1.67. The molecular formula is C32H38N8O5. The van der Waals surface area contributed by atoms with Crippen LogP contribution >= 0.6 is 0 Å². The van der Waals surface area contributed by atoms with Gasteiger partial charge in [-0.3, -0.25) is 9.69 Å². The molecule has 2 aromatic carbocycles. The minimum absolute atomic E-state index is 0.135. The second kappa shape index (κ2) is 13.6. The van der Waals surface area contributed by atoms with E-state index in [0.717, 1.165) is 56.5 Å². The maximum absolute atomic E-state index is 12.1. The lowest BCUT2D eigenvalue weighted by atomic mass is 10.1. The Hall–Kier alpha value is -4.51. The van der Waals surface area contributed by atoms with Gasteiger partial charge in [-0.2, -0.15) is 10.2 Å². The summed E-state index contributed by atoms with van der Waals surface area (Å²) in [5.74, 6) is 1.74. The monoisotopic (exact) mass is 614 g/mol. The first-order chi connectivity index (χ1) is 21.9. The van der Waals surface area contributed by atoms with Crippen LogP contribution in [0.25, 0.3) is 11.4 Å². The molecule has 3 aliphatic rings. The van der Waals surface area contributed by atoms with Crippen LogP contribution in [-0.4, -0.2) is 114 Å². The summed E-state index contributed by atoms with van der Waals surface area (Å²) in [5, 5.41) is 22.7. The minimum atomic E-state index is -1.01. The fraction of sp³-hybridized carbons (Fsp3) is 0.469. The maximum atomic E-state index is 12.1. The van der Waals surface area contributed by atoms with Crippen molar-refractivity contribution in [2.75, 3.05) is 69.8 Å². The van der Waals surface area contributed by atoms with Crippen LogP contribution in [0.3, 0.4) is 0 Å². The Morgan fingerprint density at radius 1 is 1.07 bits per heavy atom. The average Bonchev–Trinajstić information content (AvgIpc) is 3.04. The smallest absolute Gasteiger partial charge is 0.251 e. The van der Waals surface area contributed by atoms with Crippen molar-refractivity contribution in [2.24, 2.45) is 0 Å². The van der Waals surface area contributed by atoms with Gasteiger partial charge in [-0.1, -0.05) is 0 Å². The molecule has 2 N–H and O–H groups in total. The van der Waals surface area contributed by atoms with Crippen LogP contribution in [0.1, 0.15) is 25.3 Å². The number of carbonyl (C=O) groups is 1. The van der Waals surface area contributed by atoms with E-state index in [9.17, 15) is 15.2 Å². The number of nitriles is 1. The Bertz CT molecular complexity index is 1540. The van der Waals surface area contributed by atoms with Gasteiger partial charge in [-0.15, -0.1) is 0 Å². The van der Waals surface area contributed by atoms with Crippen molar-refractivity contribution in [3.05, 3.63) is 48.3 Å². The summed E-state index contributed by atoms with van der Waals surface area (Å²) in [6, 6.07) is 14.0. The van der Waals surface area contributed by atoms with E-state index >= 15 is 0 Å². The summed E-state index contributed by atoms with van der Waals surface area (Å²) in [6.45, 7) is 7.98. The summed E-state index contributed by atoms with van der Waals surface area (Å²) < 4.78 is 17.3. The predicted molar refractivity (Wildman–Crippen MR) is 167 cm³/mol. The maximum Gasteiger partial charge on any atom is 0.251 e. The van der Waals surface area contributed by atoms with Crippen molar-refractivity contribution in [1.82, 2.24) is 24.8 Å². The number of piperidine rings is 1. The van der Waals surface area contributed by atoms with Crippen molar-refractivity contribution in [3.63, 3.8) is 0 Å². The fourth-order valence-electron chi connectivity index (χ4n) is 5.90. The van der Waals surface area contributed by atoms with Crippen LogP contribution in [0, 0.1) is 11.3 Å². The van der Waals surface area contributed by atoms with Gasteiger partial charge in [0.25, 0.3) is 5.91 Å². The Kier molecular flexibility index (Phi) is 9.25. The number of amides is 1. The number of anilines is 3. The van der Waals surface area contributed by atoms with Gasteiger partial charge in [-0.25, -0.2) is 9.97 Å². The molecule has 1 unspecified atom stereocenters. The van der Waals surface area contributed by atoms with Gasteiger partial charge >= 0.3 is 0 Å². The zero-order valence-electron chi connectivity index (χ0n) is 25.6. The van der Waals surface area contributed by atoms with Crippen molar-refractivity contribution < 1.29 is 24.1 Å². The van der Waals surface area contributed by atoms with Crippen LogP contribution in [0.5, 0.6) is 11.5 Å². The summed E-state index contributed by atoms with van der Waals surface area (Å²) in [4.78, 5) is 31.8. The minimum Gasteiger partial charge on any atom is -0.495 e. The molecule has 4 heterocycles. The molecule has 1 aromatic heterocycles. The third kappa shape index (κ3) is 6.93. The number of nitrogens with zero attached hydrogens (tertiary/aromatic N) is 7. The molecule has 3 aliphatic heterocycles. The van der Waals surface area contributed by atoms with Crippen LogP contribution in [0.4, 0.5) is 17.3 Å².